The van der Waals surface area contributed by atoms with E-state index in [0.717, 1.165) is 16.8 Å². The SMILES string of the molecule is CNC(=O)NC(=O)CCSc1nnc(-c2cccc(C)c2)n1-c1ccc(Cl)cc1. The zero-order chi connectivity index (χ0) is 20.8. The zero-order valence-electron chi connectivity index (χ0n) is 16.0. The van der Waals surface area contributed by atoms with Crippen LogP contribution in [0.3, 0.4) is 0 Å². The first-order chi connectivity index (χ1) is 14.0. The van der Waals surface area contributed by atoms with Crippen LogP contribution in [0.4, 0.5) is 4.79 Å². The lowest BCUT2D eigenvalue weighted by Gasteiger charge is -2.11. The van der Waals surface area contributed by atoms with E-state index in [4.69, 9.17) is 11.6 Å². The Morgan fingerprint density at radius 3 is 2.59 bits per heavy atom. The third-order valence-electron chi connectivity index (χ3n) is 4.03. The Hall–Kier alpha value is -2.84. The Kier molecular flexibility index (Phi) is 6.90. The fraction of sp³-hybridized carbons (Fsp3) is 0.200. The Morgan fingerprint density at radius 2 is 1.90 bits per heavy atom. The summed E-state index contributed by atoms with van der Waals surface area (Å²) in [5.41, 5.74) is 2.93. The van der Waals surface area contributed by atoms with E-state index < -0.39 is 6.03 Å². The van der Waals surface area contributed by atoms with Gasteiger partial charge < -0.3 is 5.32 Å². The fourth-order valence-electron chi connectivity index (χ4n) is 2.64. The highest BCUT2D eigenvalue weighted by molar-refractivity contribution is 7.99. The molecule has 0 unspecified atom stereocenters. The largest absolute Gasteiger partial charge is 0.341 e. The minimum atomic E-state index is -0.522. The van der Waals surface area contributed by atoms with E-state index in [0.29, 0.717) is 21.8 Å². The number of hydrogen-bond acceptors (Lipinski definition) is 5. The number of halogens is 1. The molecule has 29 heavy (non-hydrogen) atoms. The van der Waals surface area contributed by atoms with Crippen LogP contribution >= 0.6 is 23.4 Å². The first-order valence-electron chi connectivity index (χ1n) is 8.90. The number of hydrogen-bond donors (Lipinski definition) is 2. The Balaban J connectivity index is 1.86. The molecule has 0 atom stereocenters. The topological polar surface area (TPSA) is 88.9 Å². The zero-order valence-corrected chi connectivity index (χ0v) is 17.5. The molecule has 0 aliphatic rings. The number of imide groups is 1. The molecule has 2 N–H and O–H groups in total. The monoisotopic (exact) mass is 429 g/mol. The van der Waals surface area contributed by atoms with Crippen molar-refractivity contribution in [3.63, 3.8) is 0 Å². The van der Waals surface area contributed by atoms with E-state index in [1.807, 2.05) is 60.0 Å². The summed E-state index contributed by atoms with van der Waals surface area (Å²) in [6, 6.07) is 14.9. The average molecular weight is 430 g/mol. The van der Waals surface area contributed by atoms with Gasteiger partial charge in [-0.2, -0.15) is 0 Å². The molecule has 0 saturated carbocycles. The van der Waals surface area contributed by atoms with Crippen molar-refractivity contribution < 1.29 is 9.59 Å². The molecule has 150 valence electrons. The van der Waals surface area contributed by atoms with Crippen LogP contribution in [0.1, 0.15) is 12.0 Å². The van der Waals surface area contributed by atoms with E-state index in [-0.39, 0.29) is 12.3 Å². The fourth-order valence-corrected chi connectivity index (χ4v) is 3.66. The molecule has 0 fully saturated rings. The predicted molar refractivity (Wildman–Crippen MR) is 114 cm³/mol. The molecule has 7 nitrogen and oxygen atoms in total. The van der Waals surface area contributed by atoms with Gasteiger partial charge in [0.25, 0.3) is 0 Å². The van der Waals surface area contributed by atoms with E-state index >= 15 is 0 Å². The summed E-state index contributed by atoms with van der Waals surface area (Å²) in [5, 5.41) is 14.6. The molecule has 0 bridgehead atoms. The van der Waals surface area contributed by atoms with Gasteiger partial charge >= 0.3 is 6.03 Å². The smallest absolute Gasteiger partial charge is 0.321 e. The third-order valence-corrected chi connectivity index (χ3v) is 5.22. The molecule has 1 heterocycles. The van der Waals surface area contributed by atoms with E-state index in [2.05, 4.69) is 20.8 Å². The van der Waals surface area contributed by atoms with Crippen LogP contribution in [0, 0.1) is 6.92 Å². The van der Waals surface area contributed by atoms with E-state index in [9.17, 15) is 9.59 Å². The van der Waals surface area contributed by atoms with Gasteiger partial charge in [0.1, 0.15) is 0 Å². The van der Waals surface area contributed by atoms with Crippen molar-refractivity contribution in [3.05, 3.63) is 59.1 Å². The van der Waals surface area contributed by atoms with Gasteiger partial charge in [0, 0.05) is 35.5 Å². The van der Waals surface area contributed by atoms with E-state index in [1.165, 1.54) is 18.8 Å². The molecule has 0 spiro atoms. The maximum Gasteiger partial charge on any atom is 0.321 e. The van der Waals surface area contributed by atoms with Crippen molar-refractivity contribution in [2.75, 3.05) is 12.8 Å². The number of benzene rings is 2. The minimum absolute atomic E-state index is 0.172. The van der Waals surface area contributed by atoms with Crippen molar-refractivity contribution in [1.82, 2.24) is 25.4 Å². The molecular formula is C20H20ClN5O2S. The predicted octanol–water partition coefficient (Wildman–Crippen LogP) is 3.83. The Morgan fingerprint density at radius 1 is 1.14 bits per heavy atom. The molecule has 3 rings (SSSR count). The maximum atomic E-state index is 11.8. The summed E-state index contributed by atoms with van der Waals surface area (Å²) in [6.07, 6.45) is 0.172. The number of aryl methyl sites for hydroxylation is 1. The van der Waals surface area contributed by atoms with Crippen LogP contribution in [0.25, 0.3) is 17.1 Å². The van der Waals surface area contributed by atoms with Gasteiger partial charge in [-0.1, -0.05) is 47.1 Å². The van der Waals surface area contributed by atoms with Crippen molar-refractivity contribution in [2.45, 2.75) is 18.5 Å². The van der Waals surface area contributed by atoms with Crippen LogP contribution < -0.4 is 10.6 Å². The number of aromatic nitrogens is 3. The molecule has 3 amide bonds. The van der Waals surface area contributed by atoms with E-state index in [1.54, 1.807) is 0 Å². The molecule has 9 heteroatoms. The number of nitrogens with one attached hydrogen (secondary N) is 2. The van der Waals surface area contributed by atoms with Crippen LogP contribution in [0.2, 0.25) is 5.02 Å². The molecule has 0 aliphatic carbocycles. The summed E-state index contributed by atoms with van der Waals surface area (Å²) in [7, 11) is 1.46. The highest BCUT2D eigenvalue weighted by Gasteiger charge is 2.17. The number of thioether (sulfide) groups is 1. The molecular weight excluding hydrogens is 410 g/mol. The normalized spacial score (nSPS) is 10.6. The van der Waals surface area contributed by atoms with Crippen LogP contribution in [0.5, 0.6) is 0 Å². The highest BCUT2D eigenvalue weighted by atomic mass is 35.5. The summed E-state index contributed by atoms with van der Waals surface area (Å²) in [4.78, 5) is 23.0. The Labute approximate surface area is 177 Å². The molecule has 0 aliphatic heterocycles. The summed E-state index contributed by atoms with van der Waals surface area (Å²) < 4.78 is 1.94. The second kappa shape index (κ2) is 9.58. The number of rotatable bonds is 6. The van der Waals surface area contributed by atoms with Gasteiger partial charge in [-0.25, -0.2) is 4.79 Å². The highest BCUT2D eigenvalue weighted by Crippen LogP contribution is 2.29. The van der Waals surface area contributed by atoms with Gasteiger partial charge in [0.2, 0.25) is 5.91 Å². The van der Waals surface area contributed by atoms with Crippen LogP contribution in [0.15, 0.2) is 53.7 Å². The lowest BCUT2D eigenvalue weighted by molar-refractivity contribution is -0.119. The van der Waals surface area contributed by atoms with Crippen LogP contribution in [-0.2, 0) is 4.79 Å². The molecule has 1 aromatic heterocycles. The standard InChI is InChI=1S/C20H20ClN5O2S/c1-13-4-3-5-14(12-13)18-24-25-20(26(18)16-8-6-15(21)7-9-16)29-11-10-17(27)23-19(28)22-2/h3-9,12H,10-11H2,1-2H3,(H2,22,23,27,28). The van der Waals surface area contributed by atoms with Gasteiger partial charge in [-0.15, -0.1) is 10.2 Å². The van der Waals surface area contributed by atoms with Gasteiger partial charge in [-0.05, 0) is 37.3 Å². The van der Waals surface area contributed by atoms with Gasteiger partial charge in [0.15, 0.2) is 11.0 Å². The summed E-state index contributed by atoms with van der Waals surface area (Å²) in [5.74, 6) is 0.796. The lowest BCUT2D eigenvalue weighted by atomic mass is 10.1. The van der Waals surface area contributed by atoms with Crippen molar-refractivity contribution in [1.29, 1.82) is 0 Å². The number of urea groups is 1. The average Bonchev–Trinajstić information content (AvgIpc) is 3.12. The van der Waals surface area contributed by atoms with Gasteiger partial charge in [0.05, 0.1) is 0 Å². The quantitative estimate of drug-likeness (QED) is 0.581. The van der Waals surface area contributed by atoms with Crippen molar-refractivity contribution >= 4 is 35.3 Å². The lowest BCUT2D eigenvalue weighted by Crippen LogP contribution is -2.37. The minimum Gasteiger partial charge on any atom is -0.341 e. The number of carbonyl (C=O) groups is 2. The van der Waals surface area contributed by atoms with Crippen LogP contribution in [-0.4, -0.2) is 39.5 Å². The Bertz CT molecular complexity index is 1020. The number of carbonyl (C=O) groups excluding carboxylic acids is 2. The second-order valence-corrected chi connectivity index (χ2v) is 7.71. The van der Waals surface area contributed by atoms with Gasteiger partial charge in [-0.3, -0.25) is 14.7 Å². The first-order valence-corrected chi connectivity index (χ1v) is 10.3. The first kappa shape index (κ1) is 20.9. The summed E-state index contributed by atoms with van der Waals surface area (Å²) >= 11 is 7.43. The van der Waals surface area contributed by atoms with Crippen molar-refractivity contribution in [2.24, 2.45) is 0 Å². The third kappa shape index (κ3) is 5.36. The van der Waals surface area contributed by atoms with Crippen molar-refractivity contribution in [3.8, 4) is 17.1 Å². The maximum absolute atomic E-state index is 11.8. The molecule has 0 saturated heterocycles. The molecule has 0 radical (unpaired) electrons. The number of nitrogens with zero attached hydrogens (tertiary/aromatic N) is 3. The molecule has 3 aromatic rings. The second-order valence-electron chi connectivity index (χ2n) is 6.21. The summed E-state index contributed by atoms with van der Waals surface area (Å²) in [6.45, 7) is 2.02. The molecule has 2 aromatic carbocycles. The number of amides is 3.